The summed E-state index contributed by atoms with van der Waals surface area (Å²) in [6, 6.07) is 1.08. The largest absolute Gasteiger partial charge is 0.346 e. The average Bonchev–Trinajstić information content (AvgIpc) is 3.02. The molecule has 2 heterocycles. The molecule has 18 heavy (non-hydrogen) atoms. The predicted octanol–water partition coefficient (Wildman–Crippen LogP) is 1.39. The highest BCUT2D eigenvalue weighted by atomic mass is 35.5. The van der Waals surface area contributed by atoms with Gasteiger partial charge in [-0.15, -0.1) is 12.4 Å². The van der Waals surface area contributed by atoms with Crippen LogP contribution in [0.25, 0.3) is 0 Å². The fraction of sp³-hybridized carbons (Fsp3) is 1.00. The Bertz CT molecular complexity index is 266. The molecule has 3 aliphatic rings. The summed E-state index contributed by atoms with van der Waals surface area (Å²) in [6.07, 6.45) is 6.03. The van der Waals surface area contributed by atoms with Gasteiger partial charge in [-0.05, 0) is 45.8 Å². The molecule has 106 valence electrons. The van der Waals surface area contributed by atoms with Gasteiger partial charge in [0.15, 0.2) is 5.79 Å². The zero-order valence-corrected chi connectivity index (χ0v) is 12.0. The van der Waals surface area contributed by atoms with Crippen molar-refractivity contribution in [2.75, 3.05) is 33.4 Å². The van der Waals surface area contributed by atoms with Crippen molar-refractivity contribution >= 4 is 12.4 Å². The summed E-state index contributed by atoms with van der Waals surface area (Å²) in [5.74, 6) is -0.280. The topological polar surface area (TPSA) is 33.7 Å². The van der Waals surface area contributed by atoms with E-state index in [0.29, 0.717) is 12.1 Å². The minimum atomic E-state index is -0.280. The fourth-order valence-corrected chi connectivity index (χ4v) is 3.66. The molecule has 0 amide bonds. The SMILES string of the molecule is CN[C@H]1CCC2(OCCO2)[C@H](N2CCCC2)C1.Cl. The van der Waals surface area contributed by atoms with Crippen molar-refractivity contribution in [2.24, 2.45) is 0 Å². The van der Waals surface area contributed by atoms with E-state index in [2.05, 4.69) is 17.3 Å². The highest BCUT2D eigenvalue weighted by molar-refractivity contribution is 5.85. The molecule has 1 N–H and O–H groups in total. The van der Waals surface area contributed by atoms with E-state index in [4.69, 9.17) is 9.47 Å². The number of nitrogens with one attached hydrogen (secondary N) is 1. The molecule has 2 atom stereocenters. The van der Waals surface area contributed by atoms with Crippen LogP contribution in [0.2, 0.25) is 0 Å². The van der Waals surface area contributed by atoms with Gasteiger partial charge < -0.3 is 14.8 Å². The average molecular weight is 277 g/mol. The fourth-order valence-electron chi connectivity index (χ4n) is 3.66. The Labute approximate surface area is 116 Å². The Hall–Kier alpha value is 0.130. The first kappa shape index (κ1) is 14.5. The van der Waals surface area contributed by atoms with Gasteiger partial charge >= 0.3 is 0 Å². The molecule has 5 heteroatoms. The molecule has 4 nitrogen and oxygen atoms in total. The van der Waals surface area contributed by atoms with Gasteiger partial charge in [0.1, 0.15) is 0 Å². The van der Waals surface area contributed by atoms with Gasteiger partial charge in [-0.2, -0.15) is 0 Å². The summed E-state index contributed by atoms with van der Waals surface area (Å²) < 4.78 is 12.0. The maximum Gasteiger partial charge on any atom is 0.184 e. The summed E-state index contributed by atoms with van der Waals surface area (Å²) in [7, 11) is 2.07. The van der Waals surface area contributed by atoms with Crippen molar-refractivity contribution in [1.82, 2.24) is 10.2 Å². The Morgan fingerprint density at radius 3 is 2.44 bits per heavy atom. The van der Waals surface area contributed by atoms with Gasteiger partial charge in [0.25, 0.3) is 0 Å². The lowest BCUT2D eigenvalue weighted by atomic mass is 9.84. The first-order valence-corrected chi connectivity index (χ1v) is 7.03. The van der Waals surface area contributed by atoms with E-state index in [1.165, 1.54) is 32.4 Å². The van der Waals surface area contributed by atoms with Gasteiger partial charge in [0, 0.05) is 12.5 Å². The molecule has 2 aliphatic heterocycles. The summed E-state index contributed by atoms with van der Waals surface area (Å²) in [5.41, 5.74) is 0. The van der Waals surface area contributed by atoms with E-state index in [-0.39, 0.29) is 18.2 Å². The van der Waals surface area contributed by atoms with Crippen molar-refractivity contribution in [1.29, 1.82) is 0 Å². The summed E-state index contributed by atoms with van der Waals surface area (Å²) >= 11 is 0. The Morgan fingerprint density at radius 2 is 1.83 bits per heavy atom. The summed E-state index contributed by atoms with van der Waals surface area (Å²) in [4.78, 5) is 2.59. The van der Waals surface area contributed by atoms with E-state index in [0.717, 1.165) is 26.1 Å². The molecule has 0 aromatic rings. The van der Waals surface area contributed by atoms with Crippen molar-refractivity contribution < 1.29 is 9.47 Å². The number of rotatable bonds is 2. The lowest BCUT2D eigenvalue weighted by Gasteiger charge is -2.46. The standard InChI is InChI=1S/C13H24N2O2.ClH/c1-14-11-4-5-13(16-8-9-17-13)12(10-11)15-6-2-3-7-15;/h11-12,14H,2-10H2,1H3;1H/t11-,12+;/m0./s1. The molecule has 3 rings (SSSR count). The number of likely N-dealkylation sites (tertiary alicyclic amines) is 1. The summed E-state index contributed by atoms with van der Waals surface area (Å²) in [5, 5.41) is 3.43. The maximum absolute atomic E-state index is 6.01. The number of halogens is 1. The summed E-state index contributed by atoms with van der Waals surface area (Å²) in [6.45, 7) is 3.98. The lowest BCUT2D eigenvalue weighted by Crippen LogP contribution is -2.58. The van der Waals surface area contributed by atoms with E-state index in [1.54, 1.807) is 0 Å². The Kier molecular flexibility index (Phi) is 4.89. The van der Waals surface area contributed by atoms with Crippen LogP contribution in [0.5, 0.6) is 0 Å². The molecule has 1 saturated carbocycles. The van der Waals surface area contributed by atoms with Crippen molar-refractivity contribution in [3.63, 3.8) is 0 Å². The van der Waals surface area contributed by atoms with Crippen LogP contribution in [0.15, 0.2) is 0 Å². The molecular formula is C13H25ClN2O2. The Morgan fingerprint density at radius 1 is 1.17 bits per heavy atom. The van der Waals surface area contributed by atoms with Crippen LogP contribution in [-0.4, -0.2) is 56.1 Å². The molecule has 0 unspecified atom stereocenters. The van der Waals surface area contributed by atoms with Crippen LogP contribution in [0.3, 0.4) is 0 Å². The molecule has 2 saturated heterocycles. The number of nitrogens with zero attached hydrogens (tertiary/aromatic N) is 1. The third-order valence-corrected chi connectivity index (χ3v) is 4.62. The maximum atomic E-state index is 6.01. The van der Waals surface area contributed by atoms with Crippen LogP contribution < -0.4 is 5.32 Å². The van der Waals surface area contributed by atoms with Crippen LogP contribution >= 0.6 is 12.4 Å². The third-order valence-electron chi connectivity index (χ3n) is 4.62. The smallest absolute Gasteiger partial charge is 0.184 e. The normalized spacial score (nSPS) is 35.8. The Balaban J connectivity index is 0.00000120. The van der Waals surface area contributed by atoms with Crippen molar-refractivity contribution in [2.45, 2.75) is 50.0 Å². The second-order valence-corrected chi connectivity index (χ2v) is 5.53. The van der Waals surface area contributed by atoms with Crippen LogP contribution in [0.4, 0.5) is 0 Å². The quantitative estimate of drug-likeness (QED) is 0.826. The molecular weight excluding hydrogens is 252 g/mol. The van der Waals surface area contributed by atoms with Gasteiger partial charge in [0.2, 0.25) is 0 Å². The molecule has 0 radical (unpaired) electrons. The van der Waals surface area contributed by atoms with Gasteiger partial charge in [-0.3, -0.25) is 4.90 Å². The van der Waals surface area contributed by atoms with Gasteiger partial charge in [-0.25, -0.2) is 0 Å². The second-order valence-electron chi connectivity index (χ2n) is 5.53. The first-order valence-electron chi connectivity index (χ1n) is 7.03. The van der Waals surface area contributed by atoms with E-state index in [9.17, 15) is 0 Å². The predicted molar refractivity (Wildman–Crippen MR) is 73.2 cm³/mol. The van der Waals surface area contributed by atoms with Gasteiger partial charge in [-0.1, -0.05) is 0 Å². The second kappa shape index (κ2) is 6.06. The number of hydrogen-bond acceptors (Lipinski definition) is 4. The molecule has 0 bridgehead atoms. The molecule has 0 aromatic carbocycles. The minimum absolute atomic E-state index is 0. The van der Waals surface area contributed by atoms with E-state index >= 15 is 0 Å². The van der Waals surface area contributed by atoms with Gasteiger partial charge in [0.05, 0.1) is 19.3 Å². The number of hydrogen-bond donors (Lipinski definition) is 1. The zero-order chi connectivity index (χ0) is 11.7. The van der Waals surface area contributed by atoms with E-state index in [1.807, 2.05) is 0 Å². The third kappa shape index (κ3) is 2.54. The van der Waals surface area contributed by atoms with E-state index < -0.39 is 0 Å². The molecule has 1 aliphatic carbocycles. The zero-order valence-electron chi connectivity index (χ0n) is 11.2. The molecule has 1 spiro atoms. The van der Waals surface area contributed by atoms with Crippen LogP contribution in [0, 0.1) is 0 Å². The number of ether oxygens (including phenoxy) is 2. The van der Waals surface area contributed by atoms with Crippen molar-refractivity contribution in [3.8, 4) is 0 Å². The highest BCUT2D eigenvalue weighted by Crippen LogP contribution is 2.39. The molecule has 0 aromatic heterocycles. The lowest BCUT2D eigenvalue weighted by molar-refractivity contribution is -0.219. The van der Waals surface area contributed by atoms with Crippen LogP contribution in [0.1, 0.15) is 32.1 Å². The van der Waals surface area contributed by atoms with Crippen LogP contribution in [-0.2, 0) is 9.47 Å². The van der Waals surface area contributed by atoms with Crippen molar-refractivity contribution in [3.05, 3.63) is 0 Å². The first-order chi connectivity index (χ1) is 8.34. The minimum Gasteiger partial charge on any atom is -0.346 e. The molecule has 3 fully saturated rings. The highest BCUT2D eigenvalue weighted by Gasteiger charge is 2.50. The monoisotopic (exact) mass is 276 g/mol.